The van der Waals surface area contributed by atoms with Crippen molar-refractivity contribution in [3.63, 3.8) is 0 Å². The zero-order valence-electron chi connectivity index (χ0n) is 27.0. The standard InChI is InChI=1S/2C20H22N4/c21-17-5-9-19(10-6-17)23-13-15-1-2-16(4-3-15)14-24-20-11-7-18(22)8-12-20;21-17-4-8-19(9-5-17)23-13-15-2-1-3-16(12-15)14-24-20-10-6-18(22)7-11-20/h2*1-12,23-24H,13-14,21-22H2. The lowest BCUT2D eigenvalue weighted by molar-refractivity contribution is 1.10. The number of nitrogens with one attached hydrogen (secondary N) is 4. The molecule has 0 fully saturated rings. The minimum atomic E-state index is 0.774. The van der Waals surface area contributed by atoms with Gasteiger partial charge in [0.25, 0.3) is 0 Å². The van der Waals surface area contributed by atoms with E-state index in [1.54, 1.807) is 0 Å². The van der Waals surface area contributed by atoms with Gasteiger partial charge in [-0.15, -0.1) is 0 Å². The molecule has 0 bridgehead atoms. The van der Waals surface area contributed by atoms with Crippen LogP contribution in [0, 0.1) is 0 Å². The highest BCUT2D eigenvalue weighted by molar-refractivity contribution is 5.54. The Morgan fingerprint density at radius 1 is 0.292 bits per heavy atom. The third kappa shape index (κ3) is 11.0. The van der Waals surface area contributed by atoms with Gasteiger partial charge < -0.3 is 44.2 Å². The van der Waals surface area contributed by atoms with Gasteiger partial charge in [-0.3, -0.25) is 0 Å². The molecular formula is C40H44N8. The first-order valence-corrected chi connectivity index (χ1v) is 15.9. The molecule has 0 saturated carbocycles. The summed E-state index contributed by atoms with van der Waals surface area (Å²) in [5.41, 5.74) is 35.1. The topological polar surface area (TPSA) is 152 Å². The summed E-state index contributed by atoms with van der Waals surface area (Å²) in [4.78, 5) is 0. The lowest BCUT2D eigenvalue weighted by Crippen LogP contribution is -2.03. The van der Waals surface area contributed by atoms with Crippen molar-refractivity contribution in [3.05, 3.63) is 168 Å². The predicted octanol–water partition coefficient (Wildman–Crippen LogP) is 8.15. The molecular weight excluding hydrogens is 592 g/mol. The molecule has 6 aromatic carbocycles. The summed E-state index contributed by atoms with van der Waals surface area (Å²) in [6.45, 7) is 3.13. The Balaban J connectivity index is 0.000000188. The average Bonchev–Trinajstić information content (AvgIpc) is 3.12. The van der Waals surface area contributed by atoms with E-state index >= 15 is 0 Å². The van der Waals surface area contributed by atoms with E-state index in [1.165, 1.54) is 22.3 Å². The molecule has 0 atom stereocenters. The molecule has 0 radical (unpaired) electrons. The van der Waals surface area contributed by atoms with Crippen molar-refractivity contribution in [2.24, 2.45) is 0 Å². The van der Waals surface area contributed by atoms with Crippen molar-refractivity contribution >= 4 is 45.5 Å². The van der Waals surface area contributed by atoms with Gasteiger partial charge in [0.1, 0.15) is 0 Å². The fraction of sp³-hybridized carbons (Fsp3) is 0.100. The Hall–Kier alpha value is -6.28. The summed E-state index contributed by atoms with van der Waals surface area (Å²) in [6.07, 6.45) is 0. The van der Waals surface area contributed by atoms with E-state index in [9.17, 15) is 0 Å². The highest BCUT2D eigenvalue weighted by Crippen LogP contribution is 2.17. The molecule has 0 spiro atoms. The van der Waals surface area contributed by atoms with Crippen molar-refractivity contribution in [2.75, 3.05) is 44.2 Å². The minimum absolute atomic E-state index is 0.774. The molecule has 0 aliphatic carbocycles. The molecule has 0 amide bonds. The van der Waals surface area contributed by atoms with Crippen LogP contribution in [-0.2, 0) is 26.2 Å². The Kier molecular flexibility index (Phi) is 11.6. The van der Waals surface area contributed by atoms with Crippen molar-refractivity contribution < 1.29 is 0 Å². The SMILES string of the molecule is Nc1ccc(NCc2ccc(CNc3ccc(N)cc3)cc2)cc1.Nc1ccc(NCc2cccc(CNc3ccc(N)cc3)c2)cc1. The van der Waals surface area contributed by atoms with E-state index in [0.29, 0.717) is 0 Å². The van der Waals surface area contributed by atoms with E-state index in [2.05, 4.69) is 69.8 Å². The third-order valence-corrected chi connectivity index (χ3v) is 7.64. The second kappa shape index (κ2) is 16.9. The van der Waals surface area contributed by atoms with E-state index < -0.39 is 0 Å². The van der Waals surface area contributed by atoms with Gasteiger partial charge in [-0.2, -0.15) is 0 Å². The van der Waals surface area contributed by atoms with Crippen LogP contribution in [0.15, 0.2) is 146 Å². The monoisotopic (exact) mass is 636 g/mol. The molecule has 244 valence electrons. The summed E-state index contributed by atoms with van der Waals surface area (Å²) in [6, 6.07) is 48.2. The highest BCUT2D eigenvalue weighted by atomic mass is 14.9. The number of hydrogen-bond donors (Lipinski definition) is 8. The summed E-state index contributed by atoms with van der Waals surface area (Å²) in [5.74, 6) is 0. The number of anilines is 8. The van der Waals surface area contributed by atoms with Crippen molar-refractivity contribution in [2.45, 2.75) is 26.2 Å². The molecule has 12 N–H and O–H groups in total. The van der Waals surface area contributed by atoms with E-state index in [0.717, 1.165) is 71.7 Å². The van der Waals surface area contributed by atoms with Crippen LogP contribution in [-0.4, -0.2) is 0 Å². The first-order chi connectivity index (χ1) is 23.4. The second-order valence-corrected chi connectivity index (χ2v) is 11.5. The van der Waals surface area contributed by atoms with Gasteiger partial charge in [0.15, 0.2) is 0 Å². The summed E-state index contributed by atoms with van der Waals surface area (Å²) >= 11 is 0. The van der Waals surface area contributed by atoms with Crippen molar-refractivity contribution in [1.82, 2.24) is 0 Å². The Bertz CT molecular complexity index is 1690. The van der Waals surface area contributed by atoms with Gasteiger partial charge in [-0.25, -0.2) is 0 Å². The molecule has 0 aliphatic rings. The highest BCUT2D eigenvalue weighted by Gasteiger charge is 2.00. The third-order valence-electron chi connectivity index (χ3n) is 7.64. The van der Waals surface area contributed by atoms with Gasteiger partial charge in [0, 0.05) is 71.7 Å². The summed E-state index contributed by atoms with van der Waals surface area (Å²) in [5, 5.41) is 13.6. The van der Waals surface area contributed by atoms with Gasteiger partial charge in [0.05, 0.1) is 0 Å². The fourth-order valence-corrected chi connectivity index (χ4v) is 4.84. The molecule has 0 saturated heterocycles. The quantitative estimate of drug-likeness (QED) is 0.0627. The predicted molar refractivity (Wildman–Crippen MR) is 206 cm³/mol. The van der Waals surface area contributed by atoms with Gasteiger partial charge in [-0.05, 0) is 119 Å². The fourth-order valence-electron chi connectivity index (χ4n) is 4.84. The van der Waals surface area contributed by atoms with Crippen LogP contribution in [0.2, 0.25) is 0 Å². The summed E-state index contributed by atoms with van der Waals surface area (Å²) in [7, 11) is 0. The number of nitrogens with two attached hydrogens (primary N) is 4. The first kappa shape index (κ1) is 33.1. The van der Waals surface area contributed by atoms with Crippen molar-refractivity contribution in [1.29, 1.82) is 0 Å². The van der Waals surface area contributed by atoms with Gasteiger partial charge in [0.2, 0.25) is 0 Å². The number of hydrogen-bond acceptors (Lipinski definition) is 8. The average molecular weight is 637 g/mol. The van der Waals surface area contributed by atoms with Crippen LogP contribution in [0.4, 0.5) is 45.5 Å². The number of nitrogen functional groups attached to an aromatic ring is 4. The molecule has 8 nitrogen and oxygen atoms in total. The minimum Gasteiger partial charge on any atom is -0.399 e. The molecule has 6 aromatic rings. The molecule has 48 heavy (non-hydrogen) atoms. The maximum atomic E-state index is 5.70. The molecule has 0 heterocycles. The zero-order chi connectivity index (χ0) is 33.6. The first-order valence-electron chi connectivity index (χ1n) is 15.9. The molecule has 6 rings (SSSR count). The molecule has 8 heteroatoms. The van der Waals surface area contributed by atoms with E-state index in [-0.39, 0.29) is 0 Å². The van der Waals surface area contributed by atoms with E-state index in [4.69, 9.17) is 22.9 Å². The lowest BCUT2D eigenvalue weighted by Gasteiger charge is -2.10. The lowest BCUT2D eigenvalue weighted by atomic mass is 10.1. The van der Waals surface area contributed by atoms with E-state index in [1.807, 2.05) is 97.1 Å². The Labute approximate surface area is 283 Å². The van der Waals surface area contributed by atoms with Gasteiger partial charge in [-0.1, -0.05) is 48.5 Å². The molecule has 0 unspecified atom stereocenters. The van der Waals surface area contributed by atoms with Crippen LogP contribution >= 0.6 is 0 Å². The van der Waals surface area contributed by atoms with Crippen LogP contribution in [0.5, 0.6) is 0 Å². The van der Waals surface area contributed by atoms with Crippen LogP contribution < -0.4 is 44.2 Å². The maximum Gasteiger partial charge on any atom is 0.0400 e. The zero-order valence-corrected chi connectivity index (χ0v) is 27.0. The largest absolute Gasteiger partial charge is 0.399 e. The second-order valence-electron chi connectivity index (χ2n) is 11.5. The van der Waals surface area contributed by atoms with Crippen molar-refractivity contribution in [3.8, 4) is 0 Å². The van der Waals surface area contributed by atoms with Crippen LogP contribution in [0.1, 0.15) is 22.3 Å². The van der Waals surface area contributed by atoms with Crippen LogP contribution in [0.3, 0.4) is 0 Å². The molecule has 0 aromatic heterocycles. The van der Waals surface area contributed by atoms with Crippen LogP contribution in [0.25, 0.3) is 0 Å². The Morgan fingerprint density at radius 2 is 0.542 bits per heavy atom. The Morgan fingerprint density at radius 3 is 0.812 bits per heavy atom. The normalized spacial score (nSPS) is 10.3. The van der Waals surface area contributed by atoms with Gasteiger partial charge >= 0.3 is 0 Å². The smallest absolute Gasteiger partial charge is 0.0400 e. The summed E-state index contributed by atoms with van der Waals surface area (Å²) < 4.78 is 0. The molecule has 0 aliphatic heterocycles. The maximum absolute atomic E-state index is 5.70. The number of rotatable bonds is 12. The number of benzene rings is 6.